The van der Waals surface area contributed by atoms with E-state index in [1.54, 1.807) is 7.11 Å². The summed E-state index contributed by atoms with van der Waals surface area (Å²) >= 11 is 0. The molecule has 4 rings (SSSR count). The number of methoxy groups -OCH3 is 1. The SMILES string of the molecule is CN=C(NCCc1cn2c(n1)CCCC2)N1CC=C(c2cccc(OC)c2)CC1. The normalized spacial score (nSPS) is 17.0. The second kappa shape index (κ2) is 9.16. The molecule has 2 aliphatic rings. The van der Waals surface area contributed by atoms with Gasteiger partial charge >= 0.3 is 0 Å². The number of imidazole rings is 1. The predicted octanol–water partition coefficient (Wildman–Crippen LogP) is 3.14. The summed E-state index contributed by atoms with van der Waals surface area (Å²) in [6, 6.07) is 8.30. The quantitative estimate of drug-likeness (QED) is 0.626. The number of ether oxygens (including phenoxy) is 1. The molecule has 1 aromatic heterocycles. The molecule has 1 aromatic carbocycles. The molecule has 154 valence electrons. The van der Waals surface area contributed by atoms with Crippen LogP contribution in [0.5, 0.6) is 5.75 Å². The molecule has 2 aliphatic heterocycles. The third-order valence-electron chi connectivity index (χ3n) is 5.78. The highest BCUT2D eigenvalue weighted by molar-refractivity contribution is 5.81. The van der Waals surface area contributed by atoms with Crippen LogP contribution in [0.2, 0.25) is 0 Å². The van der Waals surface area contributed by atoms with Crippen LogP contribution in [0, 0.1) is 0 Å². The van der Waals surface area contributed by atoms with Crippen LogP contribution in [-0.4, -0.2) is 54.2 Å². The fourth-order valence-corrected chi connectivity index (χ4v) is 4.17. The summed E-state index contributed by atoms with van der Waals surface area (Å²) < 4.78 is 7.68. The monoisotopic (exact) mass is 393 g/mol. The van der Waals surface area contributed by atoms with Gasteiger partial charge < -0.3 is 19.5 Å². The van der Waals surface area contributed by atoms with E-state index in [4.69, 9.17) is 9.72 Å². The molecule has 0 bridgehead atoms. The molecular formula is C23H31N5O. The summed E-state index contributed by atoms with van der Waals surface area (Å²) in [6.45, 7) is 3.80. The first-order valence-electron chi connectivity index (χ1n) is 10.6. The Labute approximate surface area is 173 Å². The van der Waals surface area contributed by atoms with Gasteiger partial charge in [0.25, 0.3) is 0 Å². The van der Waals surface area contributed by atoms with Crippen molar-refractivity contribution in [3.63, 3.8) is 0 Å². The Morgan fingerprint density at radius 1 is 1.24 bits per heavy atom. The Balaban J connectivity index is 1.31. The molecule has 0 unspecified atom stereocenters. The number of fused-ring (bicyclic) bond motifs is 1. The van der Waals surface area contributed by atoms with Gasteiger partial charge in [-0.1, -0.05) is 18.2 Å². The highest BCUT2D eigenvalue weighted by Gasteiger charge is 2.17. The lowest BCUT2D eigenvalue weighted by Gasteiger charge is -2.29. The highest BCUT2D eigenvalue weighted by atomic mass is 16.5. The molecule has 2 aromatic rings. The Bertz CT molecular complexity index is 875. The molecule has 0 aliphatic carbocycles. The smallest absolute Gasteiger partial charge is 0.193 e. The number of rotatable bonds is 5. The number of aliphatic imine (C=N–C) groups is 1. The number of nitrogens with zero attached hydrogens (tertiary/aromatic N) is 4. The number of aromatic nitrogens is 2. The van der Waals surface area contributed by atoms with Crippen molar-refractivity contribution in [2.24, 2.45) is 4.99 Å². The van der Waals surface area contributed by atoms with E-state index >= 15 is 0 Å². The van der Waals surface area contributed by atoms with Gasteiger partial charge in [-0.15, -0.1) is 0 Å². The van der Waals surface area contributed by atoms with Gasteiger partial charge in [0.05, 0.1) is 12.8 Å². The summed E-state index contributed by atoms with van der Waals surface area (Å²) in [6.07, 6.45) is 10.1. The van der Waals surface area contributed by atoms with E-state index in [1.165, 1.54) is 35.5 Å². The Morgan fingerprint density at radius 2 is 2.17 bits per heavy atom. The Morgan fingerprint density at radius 3 is 2.93 bits per heavy atom. The van der Waals surface area contributed by atoms with Gasteiger partial charge in [-0.3, -0.25) is 4.99 Å². The van der Waals surface area contributed by atoms with Crippen LogP contribution < -0.4 is 10.1 Å². The van der Waals surface area contributed by atoms with Gasteiger partial charge in [-0.2, -0.15) is 0 Å². The van der Waals surface area contributed by atoms with Crippen molar-refractivity contribution in [2.75, 3.05) is 33.8 Å². The maximum Gasteiger partial charge on any atom is 0.193 e. The molecule has 0 fully saturated rings. The predicted molar refractivity (Wildman–Crippen MR) is 117 cm³/mol. The van der Waals surface area contributed by atoms with Crippen LogP contribution in [0.25, 0.3) is 5.57 Å². The molecule has 3 heterocycles. The van der Waals surface area contributed by atoms with Gasteiger partial charge in [0.1, 0.15) is 11.6 Å². The van der Waals surface area contributed by atoms with Gasteiger partial charge in [-0.05, 0) is 42.5 Å². The van der Waals surface area contributed by atoms with Crippen molar-refractivity contribution in [2.45, 2.75) is 38.6 Å². The highest BCUT2D eigenvalue weighted by Crippen LogP contribution is 2.25. The van der Waals surface area contributed by atoms with E-state index in [-0.39, 0.29) is 0 Å². The number of guanidine groups is 1. The fourth-order valence-electron chi connectivity index (χ4n) is 4.17. The van der Waals surface area contributed by atoms with E-state index in [2.05, 4.69) is 50.2 Å². The van der Waals surface area contributed by atoms with Crippen LogP contribution >= 0.6 is 0 Å². The topological polar surface area (TPSA) is 54.7 Å². The first-order chi connectivity index (χ1) is 14.3. The van der Waals surface area contributed by atoms with Gasteiger partial charge in [-0.25, -0.2) is 4.98 Å². The van der Waals surface area contributed by atoms with E-state index in [9.17, 15) is 0 Å². The Kier molecular flexibility index (Phi) is 6.17. The van der Waals surface area contributed by atoms with E-state index in [0.29, 0.717) is 0 Å². The Hall–Kier alpha value is -2.76. The first kappa shape index (κ1) is 19.6. The molecule has 0 spiro atoms. The molecule has 0 saturated heterocycles. The van der Waals surface area contributed by atoms with E-state index in [1.807, 2.05) is 13.1 Å². The van der Waals surface area contributed by atoms with Crippen molar-refractivity contribution >= 4 is 11.5 Å². The summed E-state index contributed by atoms with van der Waals surface area (Å²) in [7, 11) is 3.57. The van der Waals surface area contributed by atoms with E-state index < -0.39 is 0 Å². The zero-order valence-corrected chi connectivity index (χ0v) is 17.5. The number of nitrogens with one attached hydrogen (secondary N) is 1. The molecule has 29 heavy (non-hydrogen) atoms. The average Bonchev–Trinajstić information content (AvgIpc) is 3.20. The molecule has 6 heteroatoms. The summed E-state index contributed by atoms with van der Waals surface area (Å²) in [4.78, 5) is 11.6. The zero-order chi connectivity index (χ0) is 20.1. The van der Waals surface area contributed by atoms with Crippen LogP contribution in [0.15, 0.2) is 41.5 Å². The summed E-state index contributed by atoms with van der Waals surface area (Å²) in [5.41, 5.74) is 3.80. The zero-order valence-electron chi connectivity index (χ0n) is 17.5. The molecule has 0 saturated carbocycles. The first-order valence-corrected chi connectivity index (χ1v) is 10.6. The van der Waals surface area contributed by atoms with Gasteiger partial charge in [0, 0.05) is 52.3 Å². The maximum absolute atomic E-state index is 5.36. The number of aryl methyl sites for hydroxylation is 2. The van der Waals surface area contributed by atoms with Crippen molar-refractivity contribution in [3.05, 3.63) is 53.6 Å². The molecule has 0 amide bonds. The van der Waals surface area contributed by atoms with Crippen LogP contribution in [0.1, 0.15) is 36.3 Å². The minimum absolute atomic E-state index is 0.853. The average molecular weight is 394 g/mol. The molecular weight excluding hydrogens is 362 g/mol. The third kappa shape index (κ3) is 4.63. The summed E-state index contributed by atoms with van der Waals surface area (Å²) in [5, 5.41) is 3.52. The van der Waals surface area contributed by atoms with Crippen LogP contribution in [0.4, 0.5) is 0 Å². The van der Waals surface area contributed by atoms with Crippen molar-refractivity contribution in [3.8, 4) is 5.75 Å². The number of benzene rings is 1. The summed E-state index contributed by atoms with van der Waals surface area (Å²) in [5.74, 6) is 3.13. The molecule has 6 nitrogen and oxygen atoms in total. The standard InChI is InChI=1S/C23H31N5O/c1-24-23(25-12-9-20-17-28-13-4-3-8-22(28)26-20)27-14-10-18(11-15-27)19-6-5-7-21(16-19)29-2/h5-7,10,16-17H,3-4,8-9,11-15H2,1-2H3,(H,24,25). The lowest BCUT2D eigenvalue weighted by Crippen LogP contribution is -2.44. The van der Waals surface area contributed by atoms with Crippen molar-refractivity contribution in [1.29, 1.82) is 0 Å². The van der Waals surface area contributed by atoms with Crippen molar-refractivity contribution in [1.82, 2.24) is 19.8 Å². The minimum atomic E-state index is 0.853. The van der Waals surface area contributed by atoms with Gasteiger partial charge in [0.2, 0.25) is 0 Å². The largest absolute Gasteiger partial charge is 0.497 e. The number of hydrogen-bond donors (Lipinski definition) is 1. The van der Waals surface area contributed by atoms with Crippen LogP contribution in [-0.2, 0) is 19.4 Å². The number of hydrogen-bond acceptors (Lipinski definition) is 3. The molecule has 0 atom stereocenters. The van der Waals surface area contributed by atoms with Gasteiger partial charge in [0.15, 0.2) is 5.96 Å². The molecule has 0 radical (unpaired) electrons. The van der Waals surface area contributed by atoms with Crippen molar-refractivity contribution < 1.29 is 4.74 Å². The fraction of sp³-hybridized carbons (Fsp3) is 0.478. The second-order valence-electron chi connectivity index (χ2n) is 7.68. The van der Waals surface area contributed by atoms with Crippen LogP contribution in [0.3, 0.4) is 0 Å². The third-order valence-corrected chi connectivity index (χ3v) is 5.78. The lowest BCUT2D eigenvalue weighted by molar-refractivity contribution is 0.414. The minimum Gasteiger partial charge on any atom is -0.497 e. The lowest BCUT2D eigenvalue weighted by atomic mass is 9.99. The maximum atomic E-state index is 5.36. The van der Waals surface area contributed by atoms with E-state index in [0.717, 1.165) is 57.2 Å². The molecule has 1 N–H and O–H groups in total. The second-order valence-corrected chi connectivity index (χ2v) is 7.68.